The van der Waals surface area contributed by atoms with Crippen LogP contribution in [0.2, 0.25) is 0 Å². The minimum atomic E-state index is -0.370. The Bertz CT molecular complexity index is 558. The number of nitrogens with one attached hydrogen (secondary N) is 1. The van der Waals surface area contributed by atoms with E-state index in [9.17, 15) is 0 Å². The van der Waals surface area contributed by atoms with Crippen molar-refractivity contribution in [3.8, 4) is 0 Å². The molecule has 3 heterocycles. The van der Waals surface area contributed by atoms with Gasteiger partial charge in [0.15, 0.2) is 0 Å². The van der Waals surface area contributed by atoms with Gasteiger partial charge in [-0.2, -0.15) is 0 Å². The lowest BCUT2D eigenvalue weighted by molar-refractivity contribution is 0.00578. The van der Waals surface area contributed by atoms with Crippen LogP contribution in [-0.2, 0) is 14.0 Å². The number of nitrogens with zero attached hydrogens (tertiary/aromatic N) is 2. The van der Waals surface area contributed by atoms with Gasteiger partial charge in [-0.05, 0) is 46.2 Å². The van der Waals surface area contributed by atoms with E-state index < -0.39 is 0 Å². The number of hydrogen-bond acceptors (Lipinski definition) is 6. The van der Waals surface area contributed by atoms with Crippen molar-refractivity contribution >= 4 is 18.4 Å². The summed E-state index contributed by atoms with van der Waals surface area (Å²) < 4.78 is 17.6. The van der Waals surface area contributed by atoms with Gasteiger partial charge in [0.25, 0.3) is 0 Å². The van der Waals surface area contributed by atoms with Gasteiger partial charge in [-0.15, -0.1) is 0 Å². The number of ether oxygens (including phenoxy) is 1. The molecule has 0 bridgehead atoms. The normalized spacial score (nSPS) is 24.0. The van der Waals surface area contributed by atoms with Crippen LogP contribution in [-0.4, -0.2) is 54.6 Å². The third kappa shape index (κ3) is 3.38. The van der Waals surface area contributed by atoms with E-state index in [0.29, 0.717) is 0 Å². The van der Waals surface area contributed by atoms with Crippen LogP contribution in [0.3, 0.4) is 0 Å². The first-order valence-electron chi connectivity index (χ1n) is 8.20. The highest BCUT2D eigenvalue weighted by atomic mass is 16.7. The van der Waals surface area contributed by atoms with E-state index in [4.69, 9.17) is 14.0 Å². The monoisotopic (exact) mass is 319 g/mol. The smallest absolute Gasteiger partial charge is 0.399 e. The summed E-state index contributed by atoms with van der Waals surface area (Å²) in [7, 11) is -0.370. The topological polar surface area (TPSA) is 55.9 Å². The molecule has 0 aliphatic carbocycles. The summed E-state index contributed by atoms with van der Waals surface area (Å²) in [4.78, 5) is 4.52. The van der Waals surface area contributed by atoms with Gasteiger partial charge in [0.2, 0.25) is 0 Å². The molecule has 2 aliphatic heterocycles. The Labute approximate surface area is 138 Å². The molecule has 1 N–H and O–H groups in total. The Morgan fingerprint density at radius 1 is 1.13 bits per heavy atom. The van der Waals surface area contributed by atoms with Gasteiger partial charge < -0.3 is 19.5 Å². The maximum absolute atomic E-state index is 6.11. The molecule has 0 amide bonds. The second kappa shape index (κ2) is 6.05. The average Bonchev–Trinajstić information content (AvgIpc) is 2.68. The number of hydrazine groups is 1. The summed E-state index contributed by atoms with van der Waals surface area (Å²) >= 11 is 0. The maximum atomic E-state index is 6.11. The van der Waals surface area contributed by atoms with Crippen LogP contribution in [0.5, 0.6) is 0 Å². The molecule has 0 radical (unpaired) electrons. The predicted molar refractivity (Wildman–Crippen MR) is 90.7 cm³/mol. The first-order valence-corrected chi connectivity index (χ1v) is 8.20. The van der Waals surface area contributed by atoms with Crippen molar-refractivity contribution in [1.82, 2.24) is 9.99 Å². The summed E-state index contributed by atoms with van der Waals surface area (Å²) in [6, 6.07) is 2.04. The van der Waals surface area contributed by atoms with E-state index in [-0.39, 0.29) is 18.3 Å². The Morgan fingerprint density at radius 2 is 1.74 bits per heavy atom. The highest BCUT2D eigenvalue weighted by Gasteiger charge is 2.52. The van der Waals surface area contributed by atoms with Crippen LogP contribution in [0.15, 0.2) is 12.3 Å². The van der Waals surface area contributed by atoms with Crippen molar-refractivity contribution in [2.24, 2.45) is 0 Å². The minimum Gasteiger partial charge on any atom is -0.399 e. The third-order valence-electron chi connectivity index (χ3n) is 4.94. The lowest BCUT2D eigenvalue weighted by Crippen LogP contribution is -2.41. The Morgan fingerprint density at radius 3 is 2.30 bits per heavy atom. The number of morpholine rings is 1. The molecular formula is C16H26BN3O3. The molecule has 0 saturated carbocycles. The van der Waals surface area contributed by atoms with E-state index in [1.807, 2.05) is 12.3 Å². The average molecular weight is 319 g/mol. The van der Waals surface area contributed by atoms with E-state index in [0.717, 1.165) is 43.1 Å². The fourth-order valence-corrected chi connectivity index (χ4v) is 2.68. The van der Waals surface area contributed by atoms with Gasteiger partial charge >= 0.3 is 7.12 Å². The second-order valence-corrected chi connectivity index (χ2v) is 7.23. The van der Waals surface area contributed by atoms with E-state index in [1.165, 1.54) is 0 Å². The summed E-state index contributed by atoms with van der Waals surface area (Å²) in [5.74, 6) is 0.838. The summed E-state index contributed by atoms with van der Waals surface area (Å²) in [5, 5.41) is 2.12. The third-order valence-corrected chi connectivity index (χ3v) is 4.94. The van der Waals surface area contributed by atoms with Crippen molar-refractivity contribution < 1.29 is 14.0 Å². The maximum Gasteiger partial charge on any atom is 0.496 e. The van der Waals surface area contributed by atoms with Crippen molar-refractivity contribution in [3.63, 3.8) is 0 Å². The Balaban J connectivity index is 1.72. The molecule has 0 aromatic carbocycles. The van der Waals surface area contributed by atoms with Gasteiger partial charge in [0, 0.05) is 24.7 Å². The SMILES string of the molecule is Cc1cc(NN2CCOCC2)ncc1B1OC(C)(C)C(C)(C)O1. The molecule has 0 unspecified atom stereocenters. The number of aromatic nitrogens is 1. The lowest BCUT2D eigenvalue weighted by atomic mass is 9.77. The van der Waals surface area contributed by atoms with Crippen molar-refractivity contribution in [1.29, 1.82) is 0 Å². The van der Waals surface area contributed by atoms with Crippen LogP contribution < -0.4 is 10.9 Å². The molecule has 1 aromatic heterocycles. The van der Waals surface area contributed by atoms with E-state index in [2.05, 4.69) is 50.0 Å². The number of pyridine rings is 1. The quantitative estimate of drug-likeness (QED) is 0.849. The van der Waals surface area contributed by atoms with E-state index in [1.54, 1.807) is 0 Å². The van der Waals surface area contributed by atoms with Gasteiger partial charge in [-0.3, -0.25) is 0 Å². The highest BCUT2D eigenvalue weighted by Crippen LogP contribution is 2.36. The van der Waals surface area contributed by atoms with Crippen LogP contribution in [0.4, 0.5) is 5.82 Å². The van der Waals surface area contributed by atoms with Gasteiger partial charge in [-0.25, -0.2) is 9.99 Å². The van der Waals surface area contributed by atoms with Crippen LogP contribution >= 0.6 is 0 Å². The van der Waals surface area contributed by atoms with Crippen LogP contribution in [0.25, 0.3) is 0 Å². The molecule has 2 fully saturated rings. The highest BCUT2D eigenvalue weighted by molar-refractivity contribution is 6.62. The standard InChI is InChI=1S/C16H26BN3O3/c1-12-10-14(19-20-6-8-21-9-7-20)18-11-13(12)17-22-15(2,3)16(4,5)23-17/h10-11H,6-9H2,1-5H3,(H,18,19). The largest absolute Gasteiger partial charge is 0.496 e. The zero-order chi connectivity index (χ0) is 16.7. The molecule has 23 heavy (non-hydrogen) atoms. The molecule has 0 atom stereocenters. The lowest BCUT2D eigenvalue weighted by Gasteiger charge is -2.32. The molecule has 1 aromatic rings. The molecule has 7 heteroatoms. The van der Waals surface area contributed by atoms with Crippen molar-refractivity contribution in [3.05, 3.63) is 17.8 Å². The summed E-state index contributed by atoms with van der Waals surface area (Å²) in [5.41, 5.74) is 4.74. The number of rotatable bonds is 3. The number of anilines is 1. The van der Waals surface area contributed by atoms with Gasteiger partial charge in [0.1, 0.15) is 5.82 Å². The first-order chi connectivity index (χ1) is 10.8. The molecule has 126 valence electrons. The number of aryl methyl sites for hydroxylation is 1. The Kier molecular flexibility index (Phi) is 4.40. The fourth-order valence-electron chi connectivity index (χ4n) is 2.68. The first kappa shape index (κ1) is 16.7. The summed E-state index contributed by atoms with van der Waals surface area (Å²) in [6.45, 7) is 13.5. The van der Waals surface area contributed by atoms with Gasteiger partial charge in [0.05, 0.1) is 24.4 Å². The predicted octanol–water partition coefficient (Wildman–Crippen LogP) is 1.35. The molecule has 2 aliphatic rings. The molecule has 0 spiro atoms. The van der Waals surface area contributed by atoms with Crippen molar-refractivity contribution in [2.45, 2.75) is 45.8 Å². The Hall–Kier alpha value is -1.15. The second-order valence-electron chi connectivity index (χ2n) is 7.23. The zero-order valence-electron chi connectivity index (χ0n) is 14.7. The fraction of sp³-hybridized carbons (Fsp3) is 0.688. The van der Waals surface area contributed by atoms with Crippen molar-refractivity contribution in [2.75, 3.05) is 31.7 Å². The minimum absolute atomic E-state index is 0.338. The van der Waals surface area contributed by atoms with Gasteiger partial charge in [-0.1, -0.05) is 0 Å². The molecule has 3 rings (SSSR count). The number of hydrogen-bond donors (Lipinski definition) is 1. The molecular weight excluding hydrogens is 293 g/mol. The van der Waals surface area contributed by atoms with Crippen LogP contribution in [0.1, 0.15) is 33.3 Å². The molecule has 6 nitrogen and oxygen atoms in total. The molecule has 2 saturated heterocycles. The summed E-state index contributed by atoms with van der Waals surface area (Å²) in [6.07, 6.45) is 1.85. The zero-order valence-corrected chi connectivity index (χ0v) is 14.7. The van der Waals surface area contributed by atoms with E-state index >= 15 is 0 Å². The van der Waals surface area contributed by atoms with Crippen LogP contribution in [0, 0.1) is 6.92 Å².